The van der Waals surface area contributed by atoms with Gasteiger partial charge in [-0.2, -0.15) is 4.31 Å². The fourth-order valence-electron chi connectivity index (χ4n) is 3.77. The van der Waals surface area contributed by atoms with Crippen LogP contribution in [0.25, 0.3) is 0 Å². The van der Waals surface area contributed by atoms with Crippen molar-refractivity contribution in [2.75, 3.05) is 18.4 Å². The van der Waals surface area contributed by atoms with Gasteiger partial charge in [-0.25, -0.2) is 8.42 Å². The third kappa shape index (κ3) is 3.28. The van der Waals surface area contributed by atoms with Crippen molar-refractivity contribution in [3.63, 3.8) is 0 Å². The number of sulfonamides is 1. The van der Waals surface area contributed by atoms with Crippen molar-refractivity contribution < 1.29 is 8.42 Å². The van der Waals surface area contributed by atoms with Crippen molar-refractivity contribution in [2.24, 2.45) is 4.99 Å². The number of hydrogen-bond acceptors (Lipinski definition) is 4. The van der Waals surface area contributed by atoms with Crippen LogP contribution in [0.1, 0.15) is 45.6 Å². The Bertz CT molecular complexity index is 839. The standard InChI is InChI=1S/C19H28N4O2S/c1-18(2,3)22-17-19(20-12-14-6-4-5-7-16(14)21-17)10-11-23(13-19)26(24,25)15-8-9-15/h4-7,15,20H,8-13H2,1-3H3,(H,21,22). The molecule has 1 aromatic rings. The second kappa shape index (κ2) is 6.04. The first-order valence-electron chi connectivity index (χ1n) is 9.39. The first kappa shape index (κ1) is 17.9. The summed E-state index contributed by atoms with van der Waals surface area (Å²) in [6.45, 7) is 7.90. The molecule has 26 heavy (non-hydrogen) atoms. The number of aliphatic imine (C=N–C) groups is 1. The molecular weight excluding hydrogens is 348 g/mol. The molecule has 1 aliphatic carbocycles. The van der Waals surface area contributed by atoms with Crippen LogP contribution in [-0.2, 0) is 16.6 Å². The number of anilines is 1. The van der Waals surface area contributed by atoms with Gasteiger partial charge in [0.25, 0.3) is 0 Å². The van der Waals surface area contributed by atoms with E-state index in [0.29, 0.717) is 19.6 Å². The van der Waals surface area contributed by atoms with Crippen molar-refractivity contribution >= 4 is 21.5 Å². The SMILES string of the molecule is CC(C)(C)N=C1Nc2ccccc2CNC12CCN(S(=O)(=O)C1CC1)C2. The molecule has 7 heteroatoms. The molecule has 0 aromatic heterocycles. The predicted octanol–water partition coefficient (Wildman–Crippen LogP) is 2.34. The summed E-state index contributed by atoms with van der Waals surface area (Å²) >= 11 is 0. The van der Waals surface area contributed by atoms with E-state index in [1.165, 1.54) is 5.56 Å². The number of hydrogen-bond donors (Lipinski definition) is 2. The highest BCUT2D eigenvalue weighted by atomic mass is 32.2. The van der Waals surface area contributed by atoms with Gasteiger partial charge in [-0.05, 0) is 51.7 Å². The summed E-state index contributed by atoms with van der Waals surface area (Å²) in [6.07, 6.45) is 2.33. The molecule has 1 saturated carbocycles. The van der Waals surface area contributed by atoms with Gasteiger partial charge in [-0.15, -0.1) is 0 Å². The Labute approximate surface area is 156 Å². The van der Waals surface area contributed by atoms with Gasteiger partial charge >= 0.3 is 0 Å². The minimum Gasteiger partial charge on any atom is -0.342 e. The van der Waals surface area contributed by atoms with Crippen LogP contribution in [0.5, 0.6) is 0 Å². The van der Waals surface area contributed by atoms with Crippen LogP contribution in [0.3, 0.4) is 0 Å². The molecule has 0 bridgehead atoms. The molecule has 6 nitrogen and oxygen atoms in total. The minimum absolute atomic E-state index is 0.170. The average Bonchev–Trinajstić information content (AvgIpc) is 3.34. The maximum atomic E-state index is 12.8. The molecule has 2 heterocycles. The van der Waals surface area contributed by atoms with Crippen molar-refractivity contribution in [1.29, 1.82) is 0 Å². The Kier molecular flexibility index (Phi) is 4.17. The summed E-state index contributed by atoms with van der Waals surface area (Å²) in [5.74, 6) is 0.850. The zero-order chi connectivity index (χ0) is 18.6. The molecule has 3 aliphatic rings. The Morgan fingerprint density at radius 1 is 1.23 bits per heavy atom. The van der Waals surface area contributed by atoms with Crippen LogP contribution < -0.4 is 10.6 Å². The molecule has 1 unspecified atom stereocenters. The average molecular weight is 377 g/mol. The fraction of sp³-hybridized carbons (Fsp3) is 0.632. The highest BCUT2D eigenvalue weighted by molar-refractivity contribution is 7.90. The molecule has 0 radical (unpaired) electrons. The van der Waals surface area contributed by atoms with E-state index in [0.717, 1.165) is 30.8 Å². The second-order valence-electron chi connectivity index (χ2n) is 8.68. The Hall–Kier alpha value is -1.44. The number of rotatable bonds is 2. The lowest BCUT2D eigenvalue weighted by atomic mass is 9.95. The quantitative estimate of drug-likeness (QED) is 0.831. The monoisotopic (exact) mass is 376 g/mol. The highest BCUT2D eigenvalue weighted by Gasteiger charge is 2.50. The topological polar surface area (TPSA) is 73.8 Å². The van der Waals surface area contributed by atoms with Crippen LogP contribution >= 0.6 is 0 Å². The number of amidine groups is 1. The van der Waals surface area contributed by atoms with E-state index < -0.39 is 15.6 Å². The third-order valence-electron chi connectivity index (χ3n) is 5.33. The van der Waals surface area contributed by atoms with Gasteiger partial charge in [0, 0.05) is 25.3 Å². The molecule has 142 valence electrons. The van der Waals surface area contributed by atoms with Crippen LogP contribution in [0.2, 0.25) is 0 Å². The van der Waals surface area contributed by atoms with Gasteiger partial charge in [0.2, 0.25) is 10.0 Å². The molecule has 0 amide bonds. The zero-order valence-corrected chi connectivity index (χ0v) is 16.6. The number of para-hydroxylation sites is 1. The Morgan fingerprint density at radius 2 is 1.96 bits per heavy atom. The normalized spacial score (nSPS) is 28.8. The van der Waals surface area contributed by atoms with E-state index in [2.05, 4.69) is 43.5 Å². The highest BCUT2D eigenvalue weighted by Crippen LogP contribution is 2.37. The first-order chi connectivity index (χ1) is 12.2. The van der Waals surface area contributed by atoms with E-state index in [1.54, 1.807) is 4.31 Å². The number of nitrogens with one attached hydrogen (secondary N) is 2. The Balaban J connectivity index is 1.71. The Morgan fingerprint density at radius 3 is 2.65 bits per heavy atom. The summed E-state index contributed by atoms with van der Waals surface area (Å²) in [6, 6.07) is 8.19. The van der Waals surface area contributed by atoms with Crippen LogP contribution in [-0.4, -0.2) is 48.0 Å². The first-order valence-corrected chi connectivity index (χ1v) is 10.9. The van der Waals surface area contributed by atoms with Gasteiger partial charge in [0.15, 0.2) is 0 Å². The molecular formula is C19H28N4O2S. The maximum absolute atomic E-state index is 12.8. The van der Waals surface area contributed by atoms with Crippen molar-refractivity contribution in [3.05, 3.63) is 29.8 Å². The molecule has 1 saturated heterocycles. The smallest absolute Gasteiger partial charge is 0.217 e. The van der Waals surface area contributed by atoms with Crippen LogP contribution in [0.15, 0.2) is 29.3 Å². The van der Waals surface area contributed by atoms with Crippen molar-refractivity contribution in [3.8, 4) is 0 Å². The lowest BCUT2D eigenvalue weighted by Gasteiger charge is -2.32. The van der Waals surface area contributed by atoms with E-state index >= 15 is 0 Å². The molecule has 1 aromatic carbocycles. The zero-order valence-electron chi connectivity index (χ0n) is 15.7. The maximum Gasteiger partial charge on any atom is 0.217 e. The number of nitrogens with zero attached hydrogens (tertiary/aromatic N) is 2. The molecule has 4 rings (SSSR count). The summed E-state index contributed by atoms with van der Waals surface area (Å²) in [5.41, 5.74) is 1.51. The van der Waals surface area contributed by atoms with E-state index in [9.17, 15) is 8.42 Å². The molecule has 2 aliphatic heterocycles. The summed E-state index contributed by atoms with van der Waals surface area (Å²) in [7, 11) is -3.18. The summed E-state index contributed by atoms with van der Waals surface area (Å²) in [5, 5.41) is 7.01. The lowest BCUT2D eigenvalue weighted by molar-refractivity contribution is 0.416. The van der Waals surface area contributed by atoms with Crippen molar-refractivity contribution in [2.45, 2.75) is 62.9 Å². The number of benzene rings is 1. The van der Waals surface area contributed by atoms with Crippen molar-refractivity contribution in [1.82, 2.24) is 9.62 Å². The van der Waals surface area contributed by atoms with Gasteiger partial charge in [-0.3, -0.25) is 10.3 Å². The molecule has 1 atom stereocenters. The van der Waals surface area contributed by atoms with Crippen LogP contribution in [0, 0.1) is 0 Å². The summed E-state index contributed by atoms with van der Waals surface area (Å²) < 4.78 is 27.2. The van der Waals surface area contributed by atoms with Gasteiger partial charge in [0.1, 0.15) is 5.84 Å². The van der Waals surface area contributed by atoms with Crippen LogP contribution in [0.4, 0.5) is 5.69 Å². The van der Waals surface area contributed by atoms with E-state index in [-0.39, 0.29) is 10.8 Å². The predicted molar refractivity (Wildman–Crippen MR) is 105 cm³/mol. The fourth-order valence-corrected chi connectivity index (χ4v) is 5.67. The summed E-state index contributed by atoms with van der Waals surface area (Å²) in [4.78, 5) is 4.96. The third-order valence-corrected chi connectivity index (χ3v) is 7.67. The minimum atomic E-state index is -3.18. The van der Waals surface area contributed by atoms with E-state index in [1.807, 2.05) is 12.1 Å². The lowest BCUT2D eigenvalue weighted by Crippen LogP contribution is -2.56. The molecule has 2 N–H and O–H groups in total. The molecule has 2 fully saturated rings. The number of fused-ring (bicyclic) bond motifs is 1. The van der Waals surface area contributed by atoms with Gasteiger partial charge < -0.3 is 5.32 Å². The molecule has 1 spiro atoms. The second-order valence-corrected chi connectivity index (χ2v) is 10.9. The van der Waals surface area contributed by atoms with E-state index in [4.69, 9.17) is 4.99 Å². The van der Waals surface area contributed by atoms with Gasteiger partial charge in [0.05, 0.1) is 16.3 Å². The largest absolute Gasteiger partial charge is 0.342 e. The van der Waals surface area contributed by atoms with Gasteiger partial charge in [-0.1, -0.05) is 18.2 Å².